The molecule has 1 N–H and O–H groups in total. The number of anilines is 1. The van der Waals surface area contributed by atoms with Gasteiger partial charge in [0.1, 0.15) is 6.54 Å². The summed E-state index contributed by atoms with van der Waals surface area (Å²) in [6, 6.07) is 8.35. The van der Waals surface area contributed by atoms with Crippen LogP contribution in [0.25, 0.3) is 0 Å². The van der Waals surface area contributed by atoms with E-state index in [9.17, 15) is 13.2 Å². The van der Waals surface area contributed by atoms with Crippen LogP contribution in [0.3, 0.4) is 0 Å². The van der Waals surface area contributed by atoms with Gasteiger partial charge in [-0.2, -0.15) is 5.10 Å². The van der Waals surface area contributed by atoms with Gasteiger partial charge in [0, 0.05) is 32.9 Å². The van der Waals surface area contributed by atoms with Gasteiger partial charge in [0.25, 0.3) is 0 Å². The first-order chi connectivity index (χ1) is 13.9. The summed E-state index contributed by atoms with van der Waals surface area (Å²) in [5.41, 5.74) is 0.771. The van der Waals surface area contributed by atoms with Crippen LogP contribution in [0.5, 0.6) is 0 Å². The van der Waals surface area contributed by atoms with Gasteiger partial charge in [-0.25, -0.2) is 8.42 Å². The van der Waals surface area contributed by atoms with Gasteiger partial charge in [0.15, 0.2) is 15.8 Å². The van der Waals surface area contributed by atoms with Crippen molar-refractivity contribution in [1.82, 2.24) is 20.0 Å². The number of carbonyl (C=O) groups excluding carboxylic acids is 1. The Morgan fingerprint density at radius 3 is 2.62 bits per heavy atom. The van der Waals surface area contributed by atoms with Gasteiger partial charge in [0.05, 0.1) is 29.1 Å². The molecule has 1 aliphatic heterocycles. The highest BCUT2D eigenvalue weighted by atomic mass is 32.2. The van der Waals surface area contributed by atoms with E-state index in [0.29, 0.717) is 30.5 Å². The average Bonchev–Trinajstić information content (AvgIpc) is 3.14. The Labute approximate surface area is 170 Å². The predicted molar refractivity (Wildman–Crippen MR) is 112 cm³/mol. The number of rotatable bonds is 6. The highest BCUT2D eigenvalue weighted by molar-refractivity contribution is 7.91. The van der Waals surface area contributed by atoms with Crippen LogP contribution in [0.4, 0.5) is 5.69 Å². The van der Waals surface area contributed by atoms with E-state index in [2.05, 4.69) is 15.4 Å². The molecule has 1 saturated heterocycles. The number of aryl methyl sites for hydroxylation is 1. The summed E-state index contributed by atoms with van der Waals surface area (Å²) >= 11 is 0. The van der Waals surface area contributed by atoms with Crippen molar-refractivity contribution in [2.75, 3.05) is 43.4 Å². The molecular formula is C19H26N6O3S. The molecule has 29 heavy (non-hydrogen) atoms. The van der Waals surface area contributed by atoms with Gasteiger partial charge in [-0.05, 0) is 19.1 Å². The van der Waals surface area contributed by atoms with Crippen LogP contribution in [-0.4, -0.2) is 73.4 Å². The molecule has 1 aliphatic rings. The molecule has 2 aromatic rings. The molecule has 0 bridgehead atoms. The van der Waals surface area contributed by atoms with Crippen LogP contribution in [0.2, 0.25) is 0 Å². The van der Waals surface area contributed by atoms with Gasteiger partial charge >= 0.3 is 0 Å². The topological polar surface area (TPSA) is 99.9 Å². The molecule has 1 amide bonds. The zero-order valence-corrected chi connectivity index (χ0v) is 17.5. The van der Waals surface area contributed by atoms with Gasteiger partial charge in [0.2, 0.25) is 5.91 Å². The Bertz CT molecular complexity index is 971. The first kappa shape index (κ1) is 20.8. The summed E-state index contributed by atoms with van der Waals surface area (Å²) in [5, 5.41) is 7.27. The minimum atomic E-state index is -3.39. The Balaban J connectivity index is 1.64. The Morgan fingerprint density at radius 2 is 2.00 bits per heavy atom. The summed E-state index contributed by atoms with van der Waals surface area (Å²) in [4.78, 5) is 20.9. The van der Waals surface area contributed by atoms with Crippen molar-refractivity contribution in [2.45, 2.75) is 11.8 Å². The highest BCUT2D eigenvalue weighted by Gasteiger charge is 2.27. The number of piperazine rings is 1. The van der Waals surface area contributed by atoms with Crippen LogP contribution in [0.15, 0.2) is 52.6 Å². The Morgan fingerprint density at radius 1 is 1.24 bits per heavy atom. The lowest BCUT2D eigenvalue weighted by molar-refractivity contribution is -0.120. The van der Waals surface area contributed by atoms with Crippen molar-refractivity contribution in [3.05, 3.63) is 42.7 Å². The largest absolute Gasteiger partial charge is 0.357 e. The number of nitrogens with one attached hydrogen (secondary N) is 1. The van der Waals surface area contributed by atoms with Crippen molar-refractivity contribution in [3.63, 3.8) is 0 Å². The molecule has 156 valence electrons. The van der Waals surface area contributed by atoms with E-state index in [1.807, 2.05) is 18.9 Å². The van der Waals surface area contributed by atoms with Gasteiger partial charge in [-0.15, -0.1) is 0 Å². The first-order valence-electron chi connectivity index (χ1n) is 9.51. The summed E-state index contributed by atoms with van der Waals surface area (Å²) in [6.45, 7) is 3.96. The number of guanidine groups is 1. The summed E-state index contributed by atoms with van der Waals surface area (Å²) in [6.07, 6.45) is 3.47. The Kier molecular flexibility index (Phi) is 6.53. The molecule has 0 spiro atoms. The molecule has 1 aromatic heterocycles. The van der Waals surface area contributed by atoms with Crippen LogP contribution in [0.1, 0.15) is 6.92 Å². The number of carbonyl (C=O) groups is 1. The van der Waals surface area contributed by atoms with Crippen molar-refractivity contribution < 1.29 is 13.2 Å². The number of sulfone groups is 1. The quantitative estimate of drug-likeness (QED) is 0.542. The van der Waals surface area contributed by atoms with Crippen LogP contribution in [0, 0.1) is 0 Å². The summed E-state index contributed by atoms with van der Waals surface area (Å²) in [7, 11) is -1.58. The molecule has 0 radical (unpaired) electrons. The van der Waals surface area contributed by atoms with E-state index >= 15 is 0 Å². The lowest BCUT2D eigenvalue weighted by atomic mass is 10.3. The molecule has 9 nitrogen and oxygen atoms in total. The maximum absolute atomic E-state index is 12.6. The lowest BCUT2D eigenvalue weighted by Gasteiger charge is -2.35. The fourth-order valence-electron chi connectivity index (χ4n) is 3.12. The molecule has 0 atom stereocenters. The van der Waals surface area contributed by atoms with Crippen LogP contribution in [-0.2, 0) is 21.7 Å². The van der Waals surface area contributed by atoms with E-state index in [-0.39, 0.29) is 24.7 Å². The van der Waals surface area contributed by atoms with Crippen molar-refractivity contribution >= 4 is 27.4 Å². The molecule has 3 rings (SSSR count). The minimum absolute atomic E-state index is 0.0493. The second-order valence-electron chi connectivity index (χ2n) is 6.71. The van der Waals surface area contributed by atoms with Crippen molar-refractivity contribution in [3.8, 4) is 0 Å². The van der Waals surface area contributed by atoms with E-state index in [1.54, 1.807) is 52.3 Å². The Hall–Kier alpha value is -2.88. The number of benzene rings is 1. The van der Waals surface area contributed by atoms with E-state index in [4.69, 9.17) is 0 Å². The molecule has 0 saturated carbocycles. The zero-order chi connectivity index (χ0) is 20.9. The monoisotopic (exact) mass is 418 g/mol. The second kappa shape index (κ2) is 9.08. The highest BCUT2D eigenvalue weighted by Crippen LogP contribution is 2.16. The third-order valence-electron chi connectivity index (χ3n) is 4.58. The normalized spacial score (nSPS) is 15.7. The number of aliphatic imine (C=N–C) groups is 1. The maximum atomic E-state index is 12.6. The number of hydrogen-bond donors (Lipinski definition) is 1. The van der Waals surface area contributed by atoms with Crippen LogP contribution < -0.4 is 10.2 Å². The average molecular weight is 419 g/mol. The van der Waals surface area contributed by atoms with Gasteiger partial charge in [-0.3, -0.25) is 14.5 Å². The van der Waals surface area contributed by atoms with Gasteiger partial charge in [-0.1, -0.05) is 18.2 Å². The van der Waals surface area contributed by atoms with E-state index in [0.717, 1.165) is 5.69 Å². The minimum Gasteiger partial charge on any atom is -0.357 e. The lowest BCUT2D eigenvalue weighted by Crippen LogP contribution is -2.55. The number of amides is 1. The smallest absolute Gasteiger partial charge is 0.246 e. The van der Waals surface area contributed by atoms with Crippen molar-refractivity contribution in [2.24, 2.45) is 12.0 Å². The summed E-state index contributed by atoms with van der Waals surface area (Å²) < 4.78 is 26.5. The molecular weight excluding hydrogens is 392 g/mol. The molecule has 1 fully saturated rings. The van der Waals surface area contributed by atoms with E-state index < -0.39 is 9.84 Å². The third-order valence-corrected chi connectivity index (χ3v) is 6.29. The van der Waals surface area contributed by atoms with Gasteiger partial charge < -0.3 is 15.1 Å². The molecule has 2 heterocycles. The third kappa shape index (κ3) is 5.14. The number of nitrogens with zero attached hydrogens (tertiary/aromatic N) is 5. The second-order valence-corrected chi connectivity index (χ2v) is 8.82. The fraction of sp³-hybridized carbons (Fsp3) is 0.421. The summed E-state index contributed by atoms with van der Waals surface area (Å²) in [5.74, 6) is 0.414. The molecule has 1 aromatic carbocycles. The zero-order valence-electron chi connectivity index (χ0n) is 16.7. The SMILES string of the molecule is CCNC(=NCCS(=O)(=O)c1ccccc1)N1CCN(c2cnn(C)c2)C(=O)C1. The first-order valence-corrected chi connectivity index (χ1v) is 11.2. The molecule has 0 aliphatic carbocycles. The predicted octanol–water partition coefficient (Wildman–Crippen LogP) is 0.508. The van der Waals surface area contributed by atoms with Crippen molar-refractivity contribution in [1.29, 1.82) is 0 Å². The van der Waals surface area contributed by atoms with E-state index in [1.165, 1.54) is 0 Å². The maximum Gasteiger partial charge on any atom is 0.246 e. The fourth-order valence-corrected chi connectivity index (χ4v) is 4.26. The number of aromatic nitrogens is 2. The standard InChI is InChI=1S/C19H26N6O3S/c1-3-20-19(21-9-12-29(27,28)17-7-5-4-6-8-17)24-10-11-25(18(26)15-24)16-13-22-23(2)14-16/h4-8,13-14H,3,9-12,15H2,1-2H3,(H,20,21). The molecule has 10 heteroatoms. The van der Waals surface area contributed by atoms with Crippen LogP contribution >= 0.6 is 0 Å². The number of hydrogen-bond acceptors (Lipinski definition) is 5. The molecule has 0 unspecified atom stereocenters.